The number of imidazole rings is 1. The lowest BCUT2D eigenvalue weighted by Crippen LogP contribution is -2.32. The van der Waals surface area contributed by atoms with Crippen molar-refractivity contribution < 1.29 is 20.1 Å². The third kappa shape index (κ3) is 3.74. The number of aliphatic hydroxyl groups excluding tert-OH is 3. The highest BCUT2D eigenvalue weighted by Crippen LogP contribution is 2.38. The van der Waals surface area contributed by atoms with Crippen LogP contribution in [-0.4, -0.2) is 55.2 Å². The summed E-state index contributed by atoms with van der Waals surface area (Å²) in [6, 6.07) is 21.8. The summed E-state index contributed by atoms with van der Waals surface area (Å²) in [6.45, 7) is 0.187. The summed E-state index contributed by atoms with van der Waals surface area (Å²) in [7, 11) is 0. The van der Waals surface area contributed by atoms with Crippen LogP contribution >= 0.6 is 0 Å². The molecule has 0 spiro atoms. The second kappa shape index (κ2) is 8.68. The van der Waals surface area contributed by atoms with Crippen LogP contribution in [0.25, 0.3) is 11.2 Å². The van der Waals surface area contributed by atoms with Crippen molar-refractivity contribution in [2.75, 3.05) is 11.5 Å². The van der Waals surface area contributed by atoms with Crippen LogP contribution in [0.3, 0.4) is 0 Å². The summed E-state index contributed by atoms with van der Waals surface area (Å²) in [6.07, 6.45) is -2.53. The molecule has 4 aromatic rings. The van der Waals surface area contributed by atoms with Crippen molar-refractivity contribution in [3.8, 4) is 0 Å². The Labute approximate surface area is 184 Å². The van der Waals surface area contributed by atoms with E-state index in [-0.39, 0.29) is 6.61 Å². The van der Waals surface area contributed by atoms with Crippen molar-refractivity contribution in [2.24, 2.45) is 0 Å². The summed E-state index contributed by atoms with van der Waals surface area (Å²) in [5.74, 6) is 0.632. The number of benzene rings is 2. The van der Waals surface area contributed by atoms with Gasteiger partial charge in [0.15, 0.2) is 5.65 Å². The molecule has 32 heavy (non-hydrogen) atoms. The van der Waals surface area contributed by atoms with Gasteiger partial charge in [0, 0.05) is 17.8 Å². The van der Waals surface area contributed by atoms with Crippen LogP contribution in [0.1, 0.15) is 17.2 Å². The fourth-order valence-corrected chi connectivity index (χ4v) is 4.13. The lowest BCUT2D eigenvalue weighted by atomic mass is 10.0. The maximum absolute atomic E-state index is 10.6. The fourth-order valence-electron chi connectivity index (χ4n) is 4.13. The van der Waals surface area contributed by atoms with E-state index in [9.17, 15) is 15.3 Å². The molecule has 1 aliphatic heterocycles. The number of rotatable bonds is 6. The molecule has 0 radical (unpaired) electrons. The molecule has 3 heterocycles. The van der Waals surface area contributed by atoms with Crippen LogP contribution in [0.2, 0.25) is 0 Å². The Kier molecular flexibility index (Phi) is 5.59. The number of hydrogen-bond acceptors (Lipinski definition) is 7. The van der Waals surface area contributed by atoms with Crippen molar-refractivity contribution in [1.82, 2.24) is 15.0 Å². The molecule has 1 unspecified atom stereocenters. The average Bonchev–Trinajstić information content (AvgIpc) is 3.42. The molecule has 1 saturated heterocycles. The molecule has 0 amide bonds. The number of anilines is 2. The average molecular weight is 432 g/mol. The smallest absolute Gasteiger partial charge is 0.179 e. The van der Waals surface area contributed by atoms with E-state index in [1.54, 1.807) is 0 Å². The summed E-state index contributed by atoms with van der Waals surface area (Å²) in [5, 5.41) is 30.4. The lowest BCUT2D eigenvalue weighted by molar-refractivity contribution is -0.0224. The second-order valence-corrected chi connectivity index (χ2v) is 7.84. The largest absolute Gasteiger partial charge is 0.394 e. The number of aromatic nitrogens is 3. The number of hydrogen-bond donors (Lipinski definition) is 4. The van der Waals surface area contributed by atoms with Gasteiger partial charge in [0.05, 0.1) is 18.5 Å². The number of para-hydroxylation sites is 1. The number of H-pyrrole nitrogens is 1. The monoisotopic (exact) mass is 432 g/mol. The first-order valence-electron chi connectivity index (χ1n) is 10.5. The zero-order chi connectivity index (χ0) is 22.1. The van der Waals surface area contributed by atoms with E-state index in [2.05, 4.69) is 27.0 Å². The fraction of sp³-hybridized carbons (Fsp3) is 0.250. The van der Waals surface area contributed by atoms with Crippen LogP contribution in [0.4, 0.5) is 11.5 Å². The van der Waals surface area contributed by atoms with Gasteiger partial charge in [-0.3, -0.25) is 0 Å². The van der Waals surface area contributed by atoms with Gasteiger partial charge >= 0.3 is 0 Å². The van der Waals surface area contributed by atoms with E-state index in [0.717, 1.165) is 11.3 Å². The Morgan fingerprint density at radius 3 is 2.38 bits per heavy atom. The van der Waals surface area contributed by atoms with Gasteiger partial charge in [-0.25, -0.2) is 9.97 Å². The van der Waals surface area contributed by atoms with Gasteiger partial charge in [0.25, 0.3) is 0 Å². The Bertz CT molecular complexity index is 1180. The zero-order valence-electron chi connectivity index (χ0n) is 17.2. The highest BCUT2D eigenvalue weighted by Gasteiger charge is 2.44. The predicted molar refractivity (Wildman–Crippen MR) is 119 cm³/mol. The molecule has 0 bridgehead atoms. The number of nitrogens with zero attached hydrogens (tertiary/aromatic N) is 3. The number of ether oxygens (including phenoxy) is 1. The molecule has 8 heteroatoms. The minimum atomic E-state index is -1.19. The van der Waals surface area contributed by atoms with Crippen molar-refractivity contribution in [3.05, 3.63) is 84.2 Å². The van der Waals surface area contributed by atoms with Crippen LogP contribution in [0.5, 0.6) is 0 Å². The number of pyridine rings is 1. The number of nitrogens with one attached hydrogen (secondary N) is 1. The highest BCUT2D eigenvalue weighted by molar-refractivity contribution is 5.79. The van der Waals surface area contributed by atoms with Crippen LogP contribution in [0.15, 0.2) is 73.1 Å². The number of aromatic amines is 1. The van der Waals surface area contributed by atoms with Gasteiger partial charge in [-0.2, -0.15) is 0 Å². The maximum atomic E-state index is 10.6. The van der Waals surface area contributed by atoms with Gasteiger partial charge in [0.1, 0.15) is 30.2 Å². The lowest BCUT2D eigenvalue weighted by Gasteiger charge is -2.26. The molecule has 2 aromatic heterocycles. The molecule has 4 atom stereocenters. The highest BCUT2D eigenvalue weighted by atomic mass is 16.6. The summed E-state index contributed by atoms with van der Waals surface area (Å²) >= 11 is 0. The molecule has 4 N–H and O–H groups in total. The van der Waals surface area contributed by atoms with Gasteiger partial charge in [0.2, 0.25) is 0 Å². The van der Waals surface area contributed by atoms with Gasteiger partial charge < -0.3 is 29.9 Å². The van der Waals surface area contributed by atoms with Gasteiger partial charge in [-0.05, 0) is 23.8 Å². The van der Waals surface area contributed by atoms with Crippen molar-refractivity contribution in [1.29, 1.82) is 0 Å². The Morgan fingerprint density at radius 1 is 0.969 bits per heavy atom. The third-order valence-corrected chi connectivity index (χ3v) is 5.79. The Hall–Kier alpha value is -3.30. The minimum absolute atomic E-state index is 0.386. The van der Waals surface area contributed by atoms with Crippen LogP contribution < -0.4 is 4.90 Å². The first-order chi connectivity index (χ1) is 15.7. The third-order valence-electron chi connectivity index (χ3n) is 5.79. The molecule has 0 saturated carbocycles. The maximum Gasteiger partial charge on any atom is 0.179 e. The normalized spacial score (nSPS) is 23.0. The molecule has 1 fully saturated rings. The number of aliphatic hydroxyl groups is 3. The SMILES string of the molecule is OC[C@H]1OC(c2cc(N(Cc3ccccc3)c3ccccc3)nc3nc[nH]c23)[C@H](O)[C@@H]1O. The van der Waals surface area contributed by atoms with E-state index in [0.29, 0.717) is 29.1 Å². The molecule has 164 valence electrons. The summed E-state index contributed by atoms with van der Waals surface area (Å²) < 4.78 is 5.81. The van der Waals surface area contributed by atoms with Gasteiger partial charge in [-0.1, -0.05) is 48.5 Å². The molecule has 2 aromatic carbocycles. The van der Waals surface area contributed by atoms with E-state index >= 15 is 0 Å². The van der Waals surface area contributed by atoms with Crippen molar-refractivity contribution >= 4 is 22.7 Å². The standard InChI is InChI=1S/C24H24N4O4/c29-13-18-21(30)22(31)23(32-18)17-11-19(27-24-20(17)25-14-26-24)28(16-9-5-2-6-10-16)12-15-7-3-1-4-8-15/h1-11,14,18,21-23,29-31H,12-13H2,(H,25,26,27)/t18-,21-,22-,23?/m1/s1. The minimum Gasteiger partial charge on any atom is -0.394 e. The molecule has 1 aliphatic rings. The Morgan fingerprint density at radius 2 is 1.69 bits per heavy atom. The first-order valence-corrected chi connectivity index (χ1v) is 10.5. The van der Waals surface area contributed by atoms with Crippen LogP contribution in [-0.2, 0) is 11.3 Å². The summed E-state index contributed by atoms with van der Waals surface area (Å²) in [5.41, 5.74) is 3.78. The molecular formula is C24H24N4O4. The van der Waals surface area contributed by atoms with E-state index < -0.39 is 24.4 Å². The topological polar surface area (TPSA) is 115 Å². The molecular weight excluding hydrogens is 408 g/mol. The van der Waals surface area contributed by atoms with E-state index in [4.69, 9.17) is 9.72 Å². The first kappa shape index (κ1) is 20.6. The number of fused-ring (bicyclic) bond motifs is 1. The zero-order valence-corrected chi connectivity index (χ0v) is 17.2. The predicted octanol–water partition coefficient (Wildman–Crippen LogP) is 2.45. The Balaban J connectivity index is 1.62. The van der Waals surface area contributed by atoms with Gasteiger partial charge in [-0.15, -0.1) is 0 Å². The second-order valence-electron chi connectivity index (χ2n) is 7.84. The molecule has 8 nitrogen and oxygen atoms in total. The van der Waals surface area contributed by atoms with Crippen molar-refractivity contribution in [3.63, 3.8) is 0 Å². The molecule has 0 aliphatic carbocycles. The van der Waals surface area contributed by atoms with Crippen LogP contribution in [0, 0.1) is 0 Å². The quantitative estimate of drug-likeness (QED) is 0.370. The van der Waals surface area contributed by atoms with E-state index in [1.807, 2.05) is 54.6 Å². The van der Waals surface area contributed by atoms with Crippen molar-refractivity contribution in [2.45, 2.75) is 31.0 Å². The summed E-state index contributed by atoms with van der Waals surface area (Å²) in [4.78, 5) is 14.2. The molecule has 5 rings (SSSR count). The van der Waals surface area contributed by atoms with E-state index in [1.165, 1.54) is 6.33 Å².